The summed E-state index contributed by atoms with van der Waals surface area (Å²) in [6.07, 6.45) is 3.28. The number of aliphatic hydroxyl groups excluding tert-OH is 1. The highest BCUT2D eigenvalue weighted by Crippen LogP contribution is 2.30. The quantitative estimate of drug-likeness (QED) is 0.566. The van der Waals surface area contributed by atoms with Gasteiger partial charge in [0.1, 0.15) is 5.82 Å². The lowest BCUT2D eigenvalue weighted by molar-refractivity contribution is 0.288. The van der Waals surface area contributed by atoms with Crippen molar-refractivity contribution in [2.24, 2.45) is 0 Å². The molecule has 2 aromatic carbocycles. The molecular formula is C18H17FN2OS. The molecule has 0 atom stereocenters. The average molecular weight is 328 g/mol. The summed E-state index contributed by atoms with van der Waals surface area (Å²) in [5.74, 6) is -0.232. The number of halogens is 1. The maximum atomic E-state index is 14.0. The number of aromatic nitrogens is 2. The fourth-order valence-corrected chi connectivity index (χ4v) is 2.97. The molecule has 0 aliphatic heterocycles. The van der Waals surface area contributed by atoms with Gasteiger partial charge in [-0.1, -0.05) is 36.0 Å². The van der Waals surface area contributed by atoms with Crippen molar-refractivity contribution in [3.8, 4) is 11.3 Å². The average Bonchev–Trinajstić information content (AvgIpc) is 2.60. The van der Waals surface area contributed by atoms with Crippen LogP contribution in [0.25, 0.3) is 22.0 Å². The van der Waals surface area contributed by atoms with Crippen molar-refractivity contribution in [1.29, 1.82) is 0 Å². The van der Waals surface area contributed by atoms with Gasteiger partial charge in [0.2, 0.25) is 0 Å². The van der Waals surface area contributed by atoms with Crippen LogP contribution in [0.5, 0.6) is 0 Å². The van der Waals surface area contributed by atoms with Gasteiger partial charge in [0.25, 0.3) is 0 Å². The molecule has 0 fully saturated rings. The monoisotopic (exact) mass is 328 g/mol. The maximum Gasteiger partial charge on any atom is 0.188 e. The van der Waals surface area contributed by atoms with E-state index in [-0.39, 0.29) is 12.4 Å². The van der Waals surface area contributed by atoms with Crippen LogP contribution in [-0.2, 0) is 6.42 Å². The van der Waals surface area contributed by atoms with Gasteiger partial charge in [-0.3, -0.25) is 0 Å². The van der Waals surface area contributed by atoms with Crippen LogP contribution in [0.4, 0.5) is 4.39 Å². The van der Waals surface area contributed by atoms with Crippen molar-refractivity contribution in [1.82, 2.24) is 9.97 Å². The Kier molecular flexibility index (Phi) is 4.88. The van der Waals surface area contributed by atoms with E-state index in [9.17, 15) is 4.39 Å². The van der Waals surface area contributed by atoms with E-state index in [0.717, 1.165) is 22.3 Å². The molecule has 0 spiro atoms. The molecule has 0 saturated heterocycles. The van der Waals surface area contributed by atoms with Crippen molar-refractivity contribution >= 4 is 22.5 Å². The zero-order valence-electron chi connectivity index (χ0n) is 12.8. The molecule has 0 aliphatic rings. The van der Waals surface area contributed by atoms with Gasteiger partial charge in [-0.15, -0.1) is 0 Å². The van der Waals surface area contributed by atoms with E-state index in [0.29, 0.717) is 23.4 Å². The summed E-state index contributed by atoms with van der Waals surface area (Å²) in [5, 5.41) is 11.1. The second kappa shape index (κ2) is 7.06. The molecule has 1 N–H and O–H groups in total. The molecule has 0 unspecified atom stereocenters. The summed E-state index contributed by atoms with van der Waals surface area (Å²) in [5.41, 5.74) is 2.57. The van der Waals surface area contributed by atoms with Crippen LogP contribution in [0.2, 0.25) is 0 Å². The molecule has 0 bridgehead atoms. The van der Waals surface area contributed by atoms with Gasteiger partial charge in [0.15, 0.2) is 5.16 Å². The molecule has 1 heterocycles. The zero-order valence-corrected chi connectivity index (χ0v) is 13.6. The molecule has 0 aliphatic carbocycles. The van der Waals surface area contributed by atoms with Crippen molar-refractivity contribution < 1.29 is 9.50 Å². The van der Waals surface area contributed by atoms with E-state index < -0.39 is 0 Å². The summed E-state index contributed by atoms with van der Waals surface area (Å²) < 4.78 is 14.0. The van der Waals surface area contributed by atoms with Gasteiger partial charge in [-0.05, 0) is 42.7 Å². The molecule has 3 nitrogen and oxygen atoms in total. The van der Waals surface area contributed by atoms with E-state index >= 15 is 0 Å². The lowest BCUT2D eigenvalue weighted by atomic mass is 10.0. The highest BCUT2D eigenvalue weighted by molar-refractivity contribution is 7.98. The Morgan fingerprint density at radius 2 is 1.87 bits per heavy atom. The van der Waals surface area contributed by atoms with E-state index in [1.54, 1.807) is 12.1 Å². The number of aryl methyl sites for hydroxylation is 1. The smallest absolute Gasteiger partial charge is 0.188 e. The second-order valence-electron chi connectivity index (χ2n) is 5.20. The van der Waals surface area contributed by atoms with E-state index in [1.165, 1.54) is 17.8 Å². The van der Waals surface area contributed by atoms with Crippen LogP contribution in [0.1, 0.15) is 12.1 Å². The highest BCUT2D eigenvalue weighted by Gasteiger charge is 2.11. The zero-order chi connectivity index (χ0) is 16.2. The first-order chi connectivity index (χ1) is 11.2. The molecule has 118 valence electrons. The number of nitrogens with zero attached hydrogens (tertiary/aromatic N) is 2. The minimum atomic E-state index is -0.232. The van der Waals surface area contributed by atoms with Crippen LogP contribution in [-0.4, -0.2) is 27.9 Å². The third-order valence-corrected chi connectivity index (χ3v) is 4.23. The number of hydrogen-bond donors (Lipinski definition) is 1. The Labute approximate surface area is 138 Å². The summed E-state index contributed by atoms with van der Waals surface area (Å²) in [6, 6.07) is 12.6. The summed E-state index contributed by atoms with van der Waals surface area (Å²) in [6.45, 7) is 0.132. The molecule has 23 heavy (non-hydrogen) atoms. The van der Waals surface area contributed by atoms with E-state index in [1.807, 2.05) is 30.5 Å². The number of hydrogen-bond acceptors (Lipinski definition) is 4. The first-order valence-corrected chi connectivity index (χ1v) is 8.66. The summed E-state index contributed by atoms with van der Waals surface area (Å²) in [4.78, 5) is 9.06. The Morgan fingerprint density at radius 1 is 1.09 bits per heavy atom. The summed E-state index contributed by atoms with van der Waals surface area (Å²) in [7, 11) is 0. The predicted octanol–water partition coefficient (Wildman–Crippen LogP) is 4.08. The van der Waals surface area contributed by atoms with Crippen LogP contribution >= 0.6 is 11.8 Å². The number of aliphatic hydroxyl groups is 1. The summed E-state index contributed by atoms with van der Waals surface area (Å²) >= 11 is 1.48. The maximum absolute atomic E-state index is 14.0. The minimum absolute atomic E-state index is 0.132. The Balaban J connectivity index is 2.16. The van der Waals surface area contributed by atoms with Crippen LogP contribution < -0.4 is 0 Å². The largest absolute Gasteiger partial charge is 0.396 e. The number of fused-ring (bicyclic) bond motifs is 1. The van der Waals surface area contributed by atoms with Crippen molar-refractivity contribution in [2.45, 2.75) is 18.0 Å². The van der Waals surface area contributed by atoms with Crippen molar-refractivity contribution in [3.63, 3.8) is 0 Å². The molecule has 0 saturated carbocycles. The van der Waals surface area contributed by atoms with Crippen molar-refractivity contribution in [2.75, 3.05) is 12.9 Å². The number of benzene rings is 2. The Morgan fingerprint density at radius 3 is 2.61 bits per heavy atom. The number of rotatable bonds is 5. The number of thioether (sulfide) groups is 1. The Bertz CT molecular complexity index is 838. The fraction of sp³-hybridized carbons (Fsp3) is 0.222. The third kappa shape index (κ3) is 3.35. The first-order valence-electron chi connectivity index (χ1n) is 7.43. The van der Waals surface area contributed by atoms with Gasteiger partial charge in [-0.25, -0.2) is 14.4 Å². The van der Waals surface area contributed by atoms with Gasteiger partial charge in [-0.2, -0.15) is 0 Å². The van der Waals surface area contributed by atoms with Gasteiger partial charge in [0, 0.05) is 23.3 Å². The van der Waals surface area contributed by atoms with Crippen LogP contribution in [0, 0.1) is 5.82 Å². The van der Waals surface area contributed by atoms with Gasteiger partial charge >= 0.3 is 0 Å². The fourth-order valence-electron chi connectivity index (χ4n) is 2.58. The molecule has 5 heteroatoms. The Hall–Kier alpha value is -1.98. The van der Waals surface area contributed by atoms with E-state index in [2.05, 4.69) is 9.97 Å². The van der Waals surface area contributed by atoms with Crippen LogP contribution in [0.15, 0.2) is 47.6 Å². The molecule has 1 aromatic heterocycles. The molecule has 0 radical (unpaired) electrons. The second-order valence-corrected chi connectivity index (χ2v) is 5.97. The molecule has 3 aromatic rings. The molecular weight excluding hydrogens is 311 g/mol. The standard InChI is InChI=1S/C18H17FN2OS/c1-23-18-20-12(5-4-10-22)11-17(21-18)15-8-9-16(19)14-7-3-2-6-13(14)15/h2-3,6-9,11,22H,4-5,10H2,1H3. The lowest BCUT2D eigenvalue weighted by Gasteiger charge is -2.10. The molecule has 0 amide bonds. The lowest BCUT2D eigenvalue weighted by Crippen LogP contribution is -1.99. The van der Waals surface area contributed by atoms with Crippen LogP contribution in [0.3, 0.4) is 0 Å². The highest BCUT2D eigenvalue weighted by atomic mass is 32.2. The molecule has 3 rings (SSSR count). The SMILES string of the molecule is CSc1nc(CCCO)cc(-c2ccc(F)c3ccccc23)n1. The topological polar surface area (TPSA) is 46.0 Å². The third-order valence-electron chi connectivity index (χ3n) is 3.68. The van der Waals surface area contributed by atoms with E-state index in [4.69, 9.17) is 5.11 Å². The predicted molar refractivity (Wildman–Crippen MR) is 92.1 cm³/mol. The van der Waals surface area contributed by atoms with Gasteiger partial charge in [0.05, 0.1) is 5.69 Å². The van der Waals surface area contributed by atoms with Crippen molar-refractivity contribution in [3.05, 3.63) is 54.0 Å². The minimum Gasteiger partial charge on any atom is -0.396 e. The normalized spacial score (nSPS) is 11.1. The first kappa shape index (κ1) is 15.9. The van der Waals surface area contributed by atoms with Gasteiger partial charge < -0.3 is 5.11 Å².